The third-order valence-corrected chi connectivity index (χ3v) is 6.24. The number of nitrogens with zero attached hydrogens (tertiary/aromatic N) is 3. The number of aromatic nitrogens is 2. The van der Waals surface area contributed by atoms with Crippen molar-refractivity contribution in [2.45, 2.75) is 44.9 Å². The Hall–Kier alpha value is -3.39. The van der Waals surface area contributed by atoms with Crippen LogP contribution in [0.25, 0.3) is 17.2 Å². The summed E-state index contributed by atoms with van der Waals surface area (Å²) < 4.78 is 47.4. The molecule has 0 radical (unpaired) electrons. The first-order chi connectivity index (χ1) is 16.4. The molecular weight excluding hydrogens is 455 g/mol. The van der Waals surface area contributed by atoms with E-state index in [0.29, 0.717) is 12.0 Å². The number of carboxylic acids is 1. The van der Waals surface area contributed by atoms with Crippen LogP contribution in [0.15, 0.2) is 48.8 Å². The van der Waals surface area contributed by atoms with Gasteiger partial charge in [-0.05, 0) is 67.7 Å². The Morgan fingerprint density at radius 2 is 1.89 bits per heavy atom. The predicted molar refractivity (Wildman–Crippen MR) is 129 cm³/mol. The number of alkyl halides is 1. The molecule has 4 rings (SSSR count). The number of hydrogen-bond acceptors (Lipinski definition) is 3. The van der Waals surface area contributed by atoms with Gasteiger partial charge in [-0.1, -0.05) is 18.2 Å². The minimum Gasteiger partial charge on any atom is -0.478 e. The van der Waals surface area contributed by atoms with Crippen molar-refractivity contribution in [2.75, 3.05) is 6.54 Å². The molecule has 2 aromatic carbocycles. The molecule has 35 heavy (non-hydrogen) atoms. The molecule has 0 bridgehead atoms. The van der Waals surface area contributed by atoms with Crippen LogP contribution in [-0.2, 0) is 18.3 Å². The molecule has 1 N–H and O–H groups in total. The fourth-order valence-corrected chi connectivity index (χ4v) is 4.80. The number of hydrogen-bond donors (Lipinski definition) is 1. The molecule has 0 fully saturated rings. The van der Waals surface area contributed by atoms with Crippen LogP contribution in [0.1, 0.15) is 49.1 Å². The van der Waals surface area contributed by atoms with Crippen LogP contribution in [0.2, 0.25) is 0 Å². The third-order valence-electron chi connectivity index (χ3n) is 6.24. The van der Waals surface area contributed by atoms with Crippen molar-refractivity contribution in [1.29, 1.82) is 0 Å². The highest BCUT2D eigenvalue weighted by molar-refractivity contribution is 5.85. The van der Waals surface area contributed by atoms with Crippen molar-refractivity contribution in [3.63, 3.8) is 0 Å². The summed E-state index contributed by atoms with van der Waals surface area (Å²) in [5.74, 6) is -2.83. The molecule has 2 atom stereocenters. The van der Waals surface area contributed by atoms with E-state index in [4.69, 9.17) is 5.11 Å². The van der Waals surface area contributed by atoms with Gasteiger partial charge in [-0.2, -0.15) is 5.10 Å². The van der Waals surface area contributed by atoms with Crippen LogP contribution in [0, 0.1) is 11.6 Å². The van der Waals surface area contributed by atoms with Crippen LogP contribution >= 0.6 is 0 Å². The summed E-state index contributed by atoms with van der Waals surface area (Å²) in [5.41, 5.74) is 1.85. The summed E-state index contributed by atoms with van der Waals surface area (Å²) >= 11 is 0. The Balaban J connectivity index is 1.86. The SMILES string of the molecule is C[C@@H]1Cc2cc(-c3cnn(C)c3)ccc2[C@@H](c2c(F)cc(/C=C/C(=O)O)cc2F)N1CC(C)(C)F. The highest BCUT2D eigenvalue weighted by Gasteiger charge is 2.39. The fraction of sp³-hybridized carbons (Fsp3) is 0.333. The van der Waals surface area contributed by atoms with E-state index in [1.54, 1.807) is 15.8 Å². The standard InChI is InChI=1S/C27H28F3N3O2/c1-16-9-19-12-18(20-13-31-32(4)14-20)6-7-21(19)26(33(16)15-27(2,3)30)25-22(28)10-17(11-23(25)29)5-8-24(34)35/h5-8,10-14,16,26H,9,15H2,1-4H3,(H,34,35)/b8-5+/t16-,26+/m1/s1. The van der Waals surface area contributed by atoms with Crippen molar-refractivity contribution >= 4 is 12.0 Å². The molecule has 5 nitrogen and oxygen atoms in total. The lowest BCUT2D eigenvalue weighted by atomic mass is 9.82. The van der Waals surface area contributed by atoms with E-state index < -0.39 is 29.3 Å². The third kappa shape index (κ3) is 5.32. The molecule has 0 spiro atoms. The van der Waals surface area contributed by atoms with Gasteiger partial charge in [-0.15, -0.1) is 0 Å². The number of halogens is 3. The summed E-state index contributed by atoms with van der Waals surface area (Å²) in [7, 11) is 1.83. The Kier molecular flexibility index (Phi) is 6.60. The Morgan fingerprint density at radius 3 is 2.46 bits per heavy atom. The van der Waals surface area contributed by atoms with E-state index in [-0.39, 0.29) is 23.7 Å². The molecule has 0 saturated carbocycles. The zero-order valence-corrected chi connectivity index (χ0v) is 20.1. The van der Waals surface area contributed by atoms with Gasteiger partial charge in [0.2, 0.25) is 0 Å². The predicted octanol–water partition coefficient (Wildman–Crippen LogP) is 5.55. The van der Waals surface area contributed by atoms with E-state index in [0.717, 1.165) is 41.0 Å². The van der Waals surface area contributed by atoms with Crippen LogP contribution in [0.4, 0.5) is 13.2 Å². The zero-order valence-electron chi connectivity index (χ0n) is 20.1. The van der Waals surface area contributed by atoms with Crippen molar-refractivity contribution in [1.82, 2.24) is 14.7 Å². The van der Waals surface area contributed by atoms with Crippen LogP contribution in [0.3, 0.4) is 0 Å². The van der Waals surface area contributed by atoms with E-state index in [9.17, 15) is 9.18 Å². The van der Waals surface area contributed by atoms with E-state index in [1.165, 1.54) is 13.8 Å². The summed E-state index contributed by atoms with van der Waals surface area (Å²) in [6, 6.07) is 6.94. The topological polar surface area (TPSA) is 58.4 Å². The summed E-state index contributed by atoms with van der Waals surface area (Å²) in [6.45, 7) is 4.81. The van der Waals surface area contributed by atoms with Gasteiger partial charge in [0.15, 0.2) is 0 Å². The summed E-state index contributed by atoms with van der Waals surface area (Å²) in [6.07, 6.45) is 6.21. The van der Waals surface area contributed by atoms with E-state index >= 15 is 8.78 Å². The monoisotopic (exact) mass is 483 g/mol. The number of carbonyl (C=O) groups is 1. The Labute approximate surface area is 202 Å². The Bertz CT molecular complexity index is 1270. The molecule has 184 valence electrons. The first kappa shape index (κ1) is 24.7. The average Bonchev–Trinajstić information content (AvgIpc) is 3.19. The number of carboxylic acid groups (broad SMARTS) is 1. The molecule has 1 aliphatic rings. The first-order valence-corrected chi connectivity index (χ1v) is 11.4. The highest BCUT2D eigenvalue weighted by atomic mass is 19.1. The van der Waals surface area contributed by atoms with Gasteiger partial charge >= 0.3 is 5.97 Å². The normalized spacial score (nSPS) is 18.7. The second-order valence-corrected chi connectivity index (χ2v) is 9.73. The number of aliphatic carboxylic acids is 1. The molecule has 2 heterocycles. The molecule has 1 aliphatic heterocycles. The van der Waals surface area contributed by atoms with Crippen LogP contribution < -0.4 is 0 Å². The maximum atomic E-state index is 15.4. The van der Waals surface area contributed by atoms with Gasteiger partial charge in [0.1, 0.15) is 17.3 Å². The molecule has 8 heteroatoms. The lowest BCUT2D eigenvalue weighted by molar-refractivity contribution is -0.131. The lowest BCUT2D eigenvalue weighted by Gasteiger charge is -2.44. The molecule has 0 aliphatic carbocycles. The first-order valence-electron chi connectivity index (χ1n) is 11.4. The lowest BCUT2D eigenvalue weighted by Crippen LogP contribution is -2.48. The quantitative estimate of drug-likeness (QED) is 0.468. The maximum absolute atomic E-state index is 15.4. The van der Waals surface area contributed by atoms with Crippen molar-refractivity contribution in [2.24, 2.45) is 7.05 Å². The molecule has 0 amide bonds. The minimum atomic E-state index is -1.59. The van der Waals surface area contributed by atoms with Crippen molar-refractivity contribution in [3.8, 4) is 11.1 Å². The largest absolute Gasteiger partial charge is 0.478 e. The van der Waals surface area contributed by atoms with Gasteiger partial charge in [-0.3, -0.25) is 9.58 Å². The number of rotatable bonds is 6. The van der Waals surface area contributed by atoms with Gasteiger partial charge in [-0.25, -0.2) is 18.0 Å². The molecule has 3 aromatic rings. The summed E-state index contributed by atoms with van der Waals surface area (Å²) in [4.78, 5) is 12.6. The van der Waals surface area contributed by atoms with Crippen molar-refractivity contribution in [3.05, 3.63) is 82.7 Å². The minimum absolute atomic E-state index is 0.0117. The van der Waals surface area contributed by atoms with Crippen LogP contribution in [0.5, 0.6) is 0 Å². The second-order valence-electron chi connectivity index (χ2n) is 9.73. The van der Waals surface area contributed by atoms with Gasteiger partial charge in [0.25, 0.3) is 0 Å². The fourth-order valence-electron chi connectivity index (χ4n) is 4.80. The van der Waals surface area contributed by atoms with Gasteiger partial charge in [0.05, 0.1) is 12.2 Å². The van der Waals surface area contributed by atoms with Crippen molar-refractivity contribution < 1.29 is 23.1 Å². The smallest absolute Gasteiger partial charge is 0.328 e. The second kappa shape index (κ2) is 9.34. The number of benzene rings is 2. The molecule has 0 saturated heterocycles. The molecular formula is C27H28F3N3O2. The van der Waals surface area contributed by atoms with E-state index in [1.807, 2.05) is 38.4 Å². The number of fused-ring (bicyclic) bond motifs is 1. The number of aryl methyl sites for hydroxylation is 1. The van der Waals surface area contributed by atoms with Gasteiger partial charge < -0.3 is 5.11 Å². The summed E-state index contributed by atoms with van der Waals surface area (Å²) in [5, 5.41) is 13.1. The molecule has 1 aromatic heterocycles. The highest BCUT2D eigenvalue weighted by Crippen LogP contribution is 2.42. The van der Waals surface area contributed by atoms with E-state index in [2.05, 4.69) is 5.10 Å². The van der Waals surface area contributed by atoms with Crippen LogP contribution in [-0.4, -0.2) is 44.0 Å². The molecule has 0 unspecified atom stereocenters. The average molecular weight is 484 g/mol. The zero-order chi connectivity index (χ0) is 25.5. The van der Waals surface area contributed by atoms with Gasteiger partial charge in [0, 0.05) is 43.0 Å². The Morgan fingerprint density at radius 1 is 1.20 bits per heavy atom. The maximum Gasteiger partial charge on any atom is 0.328 e.